The van der Waals surface area contributed by atoms with Gasteiger partial charge in [-0.2, -0.15) is 0 Å². The number of hydrogen-bond acceptors (Lipinski definition) is 2. The third-order valence-electron chi connectivity index (χ3n) is 12.5. The van der Waals surface area contributed by atoms with E-state index in [1.54, 1.807) is 0 Å². The molecular weight excluding hydrogens is 484 g/mol. The summed E-state index contributed by atoms with van der Waals surface area (Å²) in [5.41, 5.74) is 6.86. The average molecular weight is 557 g/mol. The van der Waals surface area contributed by atoms with Gasteiger partial charge in [0.1, 0.15) is 0 Å². The number of rotatable bonds is 14. The summed E-state index contributed by atoms with van der Waals surface area (Å²) in [7, 11) is 0. The molecule has 0 aromatic rings. The molecule has 2 heteroatoms. The van der Waals surface area contributed by atoms with Crippen LogP contribution in [-0.2, 0) is 0 Å². The summed E-state index contributed by atoms with van der Waals surface area (Å²) < 4.78 is 0. The fourth-order valence-electron chi connectivity index (χ4n) is 9.41. The van der Waals surface area contributed by atoms with Gasteiger partial charge in [0.15, 0.2) is 0 Å². The highest BCUT2D eigenvalue weighted by Crippen LogP contribution is 2.43. The van der Waals surface area contributed by atoms with Gasteiger partial charge in [-0.25, -0.2) is 0 Å². The zero-order valence-electron chi connectivity index (χ0n) is 27.9. The van der Waals surface area contributed by atoms with Crippen LogP contribution in [0.1, 0.15) is 169 Å². The number of nitrogens with one attached hydrogen (secondary N) is 1. The maximum Gasteiger partial charge on any atom is 0.0278 e. The number of hydrogen-bond donors (Lipinski definition) is 2. The summed E-state index contributed by atoms with van der Waals surface area (Å²) >= 11 is 0. The Balaban J connectivity index is 1.76. The molecule has 3 aliphatic carbocycles. The third-order valence-corrected chi connectivity index (χ3v) is 12.5. The van der Waals surface area contributed by atoms with Crippen LogP contribution in [0.3, 0.4) is 0 Å². The van der Waals surface area contributed by atoms with Gasteiger partial charge in [-0.1, -0.05) is 118 Å². The van der Waals surface area contributed by atoms with E-state index in [0.29, 0.717) is 29.5 Å². The molecule has 234 valence electrons. The van der Waals surface area contributed by atoms with E-state index in [9.17, 15) is 0 Å². The lowest BCUT2D eigenvalue weighted by molar-refractivity contribution is 0.119. The molecule has 0 heterocycles. The maximum atomic E-state index is 6.48. The molecule has 0 amide bonds. The lowest BCUT2D eigenvalue weighted by Crippen LogP contribution is -2.48. The first-order valence-electron chi connectivity index (χ1n) is 18.4. The van der Waals surface area contributed by atoms with Crippen LogP contribution >= 0.6 is 0 Å². The van der Waals surface area contributed by atoms with E-state index >= 15 is 0 Å². The second kappa shape index (κ2) is 17.7. The third kappa shape index (κ3) is 10.4. The molecule has 40 heavy (non-hydrogen) atoms. The Kier molecular flexibility index (Phi) is 15.1. The largest absolute Gasteiger partial charge is 0.328 e. The molecule has 3 saturated carbocycles. The van der Waals surface area contributed by atoms with Gasteiger partial charge in [-0.3, -0.25) is 0 Å². The van der Waals surface area contributed by atoms with Crippen molar-refractivity contribution in [2.75, 3.05) is 0 Å². The van der Waals surface area contributed by atoms with Crippen LogP contribution in [0.25, 0.3) is 0 Å². The Bertz CT molecular complexity index is 673. The van der Waals surface area contributed by atoms with Crippen LogP contribution in [0.2, 0.25) is 0 Å². The van der Waals surface area contributed by atoms with Gasteiger partial charge in [-0.15, -0.1) is 6.58 Å². The van der Waals surface area contributed by atoms with Crippen molar-refractivity contribution >= 4 is 0 Å². The van der Waals surface area contributed by atoms with E-state index < -0.39 is 0 Å². The zero-order chi connectivity index (χ0) is 29.0. The highest BCUT2D eigenvalue weighted by Gasteiger charge is 2.36. The molecule has 0 bridgehead atoms. The van der Waals surface area contributed by atoms with E-state index in [1.165, 1.54) is 135 Å². The SMILES string of the molecule is C=CC(NC(CC(CC)[C@@H](C)C1CCCCC1)C1CCCCC1)C(CCC)CC1CCCCC(N)CCC1(C)C. The van der Waals surface area contributed by atoms with Crippen molar-refractivity contribution < 1.29 is 0 Å². The van der Waals surface area contributed by atoms with Crippen molar-refractivity contribution in [1.82, 2.24) is 5.32 Å². The van der Waals surface area contributed by atoms with Crippen LogP contribution < -0.4 is 11.1 Å². The molecule has 0 spiro atoms. The fraction of sp³-hybridized carbons (Fsp3) is 0.947. The molecule has 0 aromatic carbocycles. The highest BCUT2D eigenvalue weighted by atomic mass is 15.0. The molecule has 0 saturated heterocycles. The van der Waals surface area contributed by atoms with Gasteiger partial charge >= 0.3 is 0 Å². The Morgan fingerprint density at radius 3 is 2.02 bits per heavy atom. The standard InChI is InChI=1S/C38H72N2/c1-7-18-33(27-34-23-16-17-24-35(39)25-26-38(34,5)6)36(9-3)40-37(32-21-14-11-15-22-32)28-30(8-2)29(4)31-19-12-10-13-20-31/h9,29-37,40H,3,7-8,10-28,39H2,1-2,4-6H3/t29-,30?,33?,34?,35?,36?,37?/m1/s1. The van der Waals surface area contributed by atoms with Crippen LogP contribution in [0.4, 0.5) is 0 Å². The van der Waals surface area contributed by atoms with Crippen LogP contribution in [0.5, 0.6) is 0 Å². The second-order valence-electron chi connectivity index (χ2n) is 15.6. The van der Waals surface area contributed by atoms with E-state index in [2.05, 4.69) is 52.6 Å². The predicted molar refractivity (Wildman–Crippen MR) is 178 cm³/mol. The van der Waals surface area contributed by atoms with Crippen LogP contribution in [0, 0.1) is 40.9 Å². The van der Waals surface area contributed by atoms with Gasteiger partial charge in [0, 0.05) is 18.1 Å². The molecule has 0 aromatic heterocycles. The fourth-order valence-corrected chi connectivity index (χ4v) is 9.41. The van der Waals surface area contributed by atoms with Gasteiger partial charge < -0.3 is 11.1 Å². The molecule has 3 rings (SSSR count). The molecule has 3 fully saturated rings. The second-order valence-corrected chi connectivity index (χ2v) is 15.6. The summed E-state index contributed by atoms with van der Waals surface area (Å²) in [6, 6.07) is 1.51. The lowest BCUT2D eigenvalue weighted by atomic mass is 9.68. The predicted octanol–water partition coefficient (Wildman–Crippen LogP) is 10.8. The first kappa shape index (κ1) is 34.2. The number of nitrogens with two attached hydrogens (primary N) is 1. The molecule has 3 N–H and O–H groups in total. The molecule has 0 radical (unpaired) electrons. The molecule has 3 aliphatic rings. The van der Waals surface area contributed by atoms with Crippen molar-refractivity contribution in [2.45, 2.75) is 188 Å². The molecule has 6 unspecified atom stereocenters. The quantitative estimate of drug-likeness (QED) is 0.209. The van der Waals surface area contributed by atoms with Crippen molar-refractivity contribution in [2.24, 2.45) is 46.7 Å². The van der Waals surface area contributed by atoms with Crippen molar-refractivity contribution in [3.63, 3.8) is 0 Å². The summed E-state index contributed by atoms with van der Waals surface area (Å²) in [5.74, 6) is 5.04. The summed E-state index contributed by atoms with van der Waals surface area (Å²) in [5, 5.41) is 4.41. The first-order valence-corrected chi connectivity index (χ1v) is 18.4. The Labute approximate surface area is 251 Å². The van der Waals surface area contributed by atoms with Crippen LogP contribution in [-0.4, -0.2) is 18.1 Å². The highest BCUT2D eigenvalue weighted by molar-refractivity contribution is 4.97. The van der Waals surface area contributed by atoms with Crippen molar-refractivity contribution in [3.05, 3.63) is 12.7 Å². The lowest BCUT2D eigenvalue weighted by Gasteiger charge is -2.42. The van der Waals surface area contributed by atoms with Gasteiger partial charge in [0.25, 0.3) is 0 Å². The Morgan fingerprint density at radius 1 is 0.825 bits per heavy atom. The molecule has 7 atom stereocenters. The Hall–Kier alpha value is -0.340. The summed E-state index contributed by atoms with van der Waals surface area (Å²) in [4.78, 5) is 0. The summed E-state index contributed by atoms with van der Waals surface area (Å²) in [6.45, 7) is 17.1. The van der Waals surface area contributed by atoms with E-state index in [4.69, 9.17) is 5.73 Å². The molecule has 2 nitrogen and oxygen atoms in total. The van der Waals surface area contributed by atoms with E-state index in [0.717, 1.165) is 29.6 Å². The van der Waals surface area contributed by atoms with E-state index in [-0.39, 0.29) is 0 Å². The van der Waals surface area contributed by atoms with E-state index in [1.807, 2.05) is 0 Å². The normalized spacial score (nSPS) is 29.4. The van der Waals surface area contributed by atoms with Crippen LogP contribution in [0.15, 0.2) is 12.7 Å². The van der Waals surface area contributed by atoms with Gasteiger partial charge in [0.05, 0.1) is 0 Å². The monoisotopic (exact) mass is 557 g/mol. The average Bonchev–Trinajstić information content (AvgIpc) is 3.03. The van der Waals surface area contributed by atoms with Crippen molar-refractivity contribution in [1.29, 1.82) is 0 Å². The first-order chi connectivity index (χ1) is 19.3. The maximum absolute atomic E-state index is 6.48. The van der Waals surface area contributed by atoms with Crippen molar-refractivity contribution in [3.8, 4) is 0 Å². The van der Waals surface area contributed by atoms with Gasteiger partial charge in [-0.05, 0) is 98.7 Å². The summed E-state index contributed by atoms with van der Waals surface area (Å²) in [6.07, 6.45) is 31.3. The zero-order valence-corrected chi connectivity index (χ0v) is 27.9. The minimum atomic E-state index is 0.380. The smallest absolute Gasteiger partial charge is 0.0278 e. The topological polar surface area (TPSA) is 38.0 Å². The molecule has 0 aliphatic heterocycles. The van der Waals surface area contributed by atoms with Gasteiger partial charge in [0.2, 0.25) is 0 Å². The minimum absolute atomic E-state index is 0.380. The molecular formula is C38H72N2. The Morgan fingerprint density at radius 2 is 1.43 bits per heavy atom. The minimum Gasteiger partial charge on any atom is -0.328 e.